The molecule has 108 valence electrons. The summed E-state index contributed by atoms with van der Waals surface area (Å²) in [5, 5.41) is 3.73. The first-order chi connectivity index (χ1) is 9.43. The van der Waals surface area contributed by atoms with E-state index in [1.165, 1.54) is 27.5 Å². The van der Waals surface area contributed by atoms with E-state index in [9.17, 15) is 0 Å². The maximum atomic E-state index is 5.89. The lowest BCUT2D eigenvalue weighted by Crippen LogP contribution is -2.32. The van der Waals surface area contributed by atoms with E-state index in [1.54, 1.807) is 0 Å². The first-order valence-corrected chi connectivity index (χ1v) is 8.12. The second kappa shape index (κ2) is 5.05. The van der Waals surface area contributed by atoms with Crippen molar-refractivity contribution in [1.82, 2.24) is 5.32 Å². The quantitative estimate of drug-likeness (QED) is 0.881. The molecule has 1 atom stereocenters. The number of hydrogen-bond acceptors (Lipinski definition) is 3. The van der Waals surface area contributed by atoms with Crippen LogP contribution in [-0.2, 0) is 13.0 Å². The molecule has 1 N–H and O–H groups in total. The van der Waals surface area contributed by atoms with Crippen molar-refractivity contribution >= 4 is 11.3 Å². The average molecular weight is 289 g/mol. The Balaban J connectivity index is 1.78. The minimum atomic E-state index is 0.306. The molecule has 2 aromatic rings. The molecule has 0 aliphatic heterocycles. The van der Waals surface area contributed by atoms with Gasteiger partial charge in [-0.2, -0.15) is 0 Å². The van der Waals surface area contributed by atoms with E-state index in [4.69, 9.17) is 4.42 Å². The second-order valence-electron chi connectivity index (χ2n) is 6.73. The van der Waals surface area contributed by atoms with Crippen molar-refractivity contribution < 1.29 is 4.42 Å². The lowest BCUT2D eigenvalue weighted by atomic mass is 9.75. The fourth-order valence-corrected chi connectivity index (χ4v) is 4.01. The third kappa shape index (κ3) is 2.84. The van der Waals surface area contributed by atoms with Crippen LogP contribution in [0.4, 0.5) is 0 Å². The molecule has 1 aliphatic rings. The van der Waals surface area contributed by atoms with Crippen molar-refractivity contribution in [3.63, 3.8) is 0 Å². The summed E-state index contributed by atoms with van der Waals surface area (Å²) in [7, 11) is 0. The van der Waals surface area contributed by atoms with E-state index in [0.717, 1.165) is 18.7 Å². The monoisotopic (exact) mass is 289 g/mol. The Labute approximate surface area is 125 Å². The van der Waals surface area contributed by atoms with Gasteiger partial charge >= 0.3 is 0 Å². The predicted molar refractivity (Wildman–Crippen MR) is 84.2 cm³/mol. The Bertz CT molecular complexity index is 608. The van der Waals surface area contributed by atoms with Crippen LogP contribution in [-0.4, -0.2) is 0 Å². The average Bonchev–Trinajstić information content (AvgIpc) is 2.90. The van der Waals surface area contributed by atoms with E-state index in [1.807, 2.05) is 18.3 Å². The maximum absolute atomic E-state index is 5.89. The van der Waals surface area contributed by atoms with Crippen molar-refractivity contribution in [3.8, 4) is 0 Å². The summed E-state index contributed by atoms with van der Waals surface area (Å²) in [6.45, 7) is 9.82. The predicted octanol–water partition coefficient (Wildman–Crippen LogP) is 4.76. The van der Waals surface area contributed by atoms with Crippen LogP contribution in [0.2, 0.25) is 0 Å². The summed E-state index contributed by atoms with van der Waals surface area (Å²) < 4.78 is 5.89. The third-order valence-corrected chi connectivity index (χ3v) is 5.06. The summed E-state index contributed by atoms with van der Waals surface area (Å²) in [5.74, 6) is 2.21. The summed E-state index contributed by atoms with van der Waals surface area (Å²) >= 11 is 1.88. The summed E-state index contributed by atoms with van der Waals surface area (Å²) in [6, 6.07) is 7.04. The van der Waals surface area contributed by atoms with E-state index in [2.05, 4.69) is 44.3 Å². The molecule has 0 radical (unpaired) electrons. The highest BCUT2D eigenvalue weighted by atomic mass is 32.1. The molecule has 0 saturated heterocycles. The van der Waals surface area contributed by atoms with Gasteiger partial charge in [-0.15, -0.1) is 11.3 Å². The summed E-state index contributed by atoms with van der Waals surface area (Å²) in [4.78, 5) is 2.79. The van der Waals surface area contributed by atoms with Crippen molar-refractivity contribution in [1.29, 1.82) is 0 Å². The van der Waals surface area contributed by atoms with Crippen LogP contribution >= 0.6 is 11.3 Å². The Morgan fingerprint density at radius 1 is 1.35 bits per heavy atom. The molecule has 2 nitrogen and oxygen atoms in total. The van der Waals surface area contributed by atoms with Gasteiger partial charge in [0.05, 0.1) is 0 Å². The maximum Gasteiger partial charge on any atom is 0.109 e. The lowest BCUT2D eigenvalue weighted by molar-refractivity contribution is 0.234. The van der Waals surface area contributed by atoms with Gasteiger partial charge in [0.2, 0.25) is 0 Å². The Morgan fingerprint density at radius 3 is 2.85 bits per heavy atom. The molecule has 0 bridgehead atoms. The van der Waals surface area contributed by atoms with Gasteiger partial charge in [-0.25, -0.2) is 0 Å². The zero-order valence-electron chi connectivity index (χ0n) is 12.7. The first-order valence-electron chi connectivity index (χ1n) is 7.31. The van der Waals surface area contributed by atoms with E-state index >= 15 is 0 Å². The van der Waals surface area contributed by atoms with Crippen LogP contribution < -0.4 is 5.32 Å². The van der Waals surface area contributed by atoms with Gasteiger partial charge in [0.1, 0.15) is 11.5 Å². The van der Waals surface area contributed by atoms with Crippen molar-refractivity contribution in [3.05, 3.63) is 45.0 Å². The smallest absolute Gasteiger partial charge is 0.109 e. The molecule has 0 spiro atoms. The Hall–Kier alpha value is -1.06. The molecular formula is C17H23NOS. The minimum Gasteiger partial charge on any atom is -0.466 e. The van der Waals surface area contributed by atoms with Crippen molar-refractivity contribution in [2.45, 2.75) is 53.1 Å². The molecule has 0 fully saturated rings. The number of hydrogen-bond donors (Lipinski definition) is 1. The van der Waals surface area contributed by atoms with E-state index in [0.29, 0.717) is 11.5 Å². The fraction of sp³-hybridized carbons (Fsp3) is 0.529. The highest BCUT2D eigenvalue weighted by Gasteiger charge is 2.34. The fourth-order valence-electron chi connectivity index (χ4n) is 3.17. The Kier molecular flexibility index (Phi) is 3.51. The van der Waals surface area contributed by atoms with Gasteiger partial charge in [-0.1, -0.05) is 13.8 Å². The van der Waals surface area contributed by atoms with Gasteiger partial charge < -0.3 is 9.73 Å². The molecule has 0 aromatic carbocycles. The number of rotatable bonds is 3. The standard InChI is InChI=1S/C17H23NOS/c1-11-7-14-15(8-17(3,4)9-16(14)19-11)18-10-13-6-5-12(2)20-13/h5-7,15,18H,8-10H2,1-4H3. The molecule has 1 aliphatic carbocycles. The zero-order chi connectivity index (χ0) is 14.3. The molecule has 1 unspecified atom stereocenters. The van der Waals surface area contributed by atoms with Gasteiger partial charge in [-0.05, 0) is 43.9 Å². The molecule has 2 heterocycles. The van der Waals surface area contributed by atoms with Gasteiger partial charge in [0.15, 0.2) is 0 Å². The number of thiophene rings is 1. The van der Waals surface area contributed by atoms with Crippen LogP contribution in [0.5, 0.6) is 0 Å². The van der Waals surface area contributed by atoms with Crippen LogP contribution in [0.3, 0.4) is 0 Å². The SMILES string of the molecule is Cc1cc2c(o1)CC(C)(C)CC2NCc1ccc(C)s1. The molecule has 20 heavy (non-hydrogen) atoms. The van der Waals surface area contributed by atoms with E-state index < -0.39 is 0 Å². The topological polar surface area (TPSA) is 25.2 Å². The third-order valence-electron chi connectivity index (χ3n) is 4.05. The number of furan rings is 1. The largest absolute Gasteiger partial charge is 0.466 e. The highest BCUT2D eigenvalue weighted by Crippen LogP contribution is 2.42. The molecular weight excluding hydrogens is 266 g/mol. The molecule has 0 saturated carbocycles. The second-order valence-corrected chi connectivity index (χ2v) is 8.10. The van der Waals surface area contributed by atoms with Crippen LogP contribution in [0.1, 0.15) is 53.1 Å². The number of aryl methyl sites for hydroxylation is 2. The zero-order valence-corrected chi connectivity index (χ0v) is 13.6. The molecule has 3 heteroatoms. The van der Waals surface area contributed by atoms with Gasteiger partial charge in [0, 0.05) is 34.3 Å². The van der Waals surface area contributed by atoms with E-state index in [-0.39, 0.29) is 0 Å². The normalized spacial score (nSPS) is 20.9. The van der Waals surface area contributed by atoms with Gasteiger partial charge in [-0.3, -0.25) is 0 Å². The molecule has 2 aromatic heterocycles. The number of fused-ring (bicyclic) bond motifs is 1. The van der Waals surface area contributed by atoms with Crippen LogP contribution in [0, 0.1) is 19.3 Å². The van der Waals surface area contributed by atoms with Gasteiger partial charge in [0.25, 0.3) is 0 Å². The molecule has 0 amide bonds. The van der Waals surface area contributed by atoms with Crippen molar-refractivity contribution in [2.24, 2.45) is 5.41 Å². The molecule has 3 rings (SSSR count). The lowest BCUT2D eigenvalue weighted by Gasteiger charge is -2.34. The summed E-state index contributed by atoms with van der Waals surface area (Å²) in [6.07, 6.45) is 2.22. The van der Waals surface area contributed by atoms with Crippen molar-refractivity contribution in [2.75, 3.05) is 0 Å². The van der Waals surface area contributed by atoms with Crippen LogP contribution in [0.25, 0.3) is 0 Å². The first kappa shape index (κ1) is 13.9. The minimum absolute atomic E-state index is 0.306. The highest BCUT2D eigenvalue weighted by molar-refractivity contribution is 7.11. The Morgan fingerprint density at radius 2 is 2.15 bits per heavy atom. The number of nitrogens with one attached hydrogen (secondary N) is 1. The van der Waals surface area contributed by atoms with Crippen LogP contribution in [0.15, 0.2) is 22.6 Å². The summed E-state index contributed by atoms with van der Waals surface area (Å²) in [5.41, 5.74) is 1.68.